The van der Waals surface area contributed by atoms with Gasteiger partial charge in [0.05, 0.1) is 0 Å². The van der Waals surface area contributed by atoms with Crippen LogP contribution >= 0.6 is 11.8 Å². The second kappa shape index (κ2) is 9.04. The van der Waals surface area contributed by atoms with Gasteiger partial charge in [-0.3, -0.25) is 9.69 Å². The van der Waals surface area contributed by atoms with Crippen LogP contribution in [0, 0.1) is 0 Å². The Hall–Kier alpha value is -0.220. The first-order valence-corrected chi connectivity index (χ1v) is 6.87. The van der Waals surface area contributed by atoms with Crippen molar-refractivity contribution in [2.75, 3.05) is 24.6 Å². The van der Waals surface area contributed by atoms with E-state index in [2.05, 4.69) is 25.7 Å². The molecule has 1 heterocycles. The zero-order valence-electron chi connectivity index (χ0n) is 10.0. The molecule has 1 rings (SSSR count). The molecule has 1 aliphatic heterocycles. The Morgan fingerprint density at radius 2 is 2.07 bits per heavy atom. The molecule has 0 saturated carbocycles. The minimum absolute atomic E-state index is 0.247. The summed E-state index contributed by atoms with van der Waals surface area (Å²) in [5.74, 6) is 1.15. The molecule has 0 bridgehead atoms. The molecule has 0 spiro atoms. The number of aliphatic carboxylic acids is 1. The van der Waals surface area contributed by atoms with E-state index in [-0.39, 0.29) is 6.04 Å². The van der Waals surface area contributed by atoms with Crippen LogP contribution in [-0.2, 0) is 4.79 Å². The lowest BCUT2D eigenvalue weighted by atomic mass is 10.2. The Labute approximate surface area is 97.2 Å². The zero-order chi connectivity index (χ0) is 11.7. The predicted octanol–water partition coefficient (Wildman–Crippen LogP) is 2.31. The van der Waals surface area contributed by atoms with Crippen LogP contribution in [0.2, 0.25) is 0 Å². The Kier molecular flexibility index (Phi) is 8.91. The fourth-order valence-corrected chi connectivity index (χ4v) is 2.53. The SMILES string of the molecule is CCC.CCCN1CCSCC1C(=O)O. The van der Waals surface area contributed by atoms with Gasteiger partial charge in [0.1, 0.15) is 6.04 Å². The summed E-state index contributed by atoms with van der Waals surface area (Å²) in [7, 11) is 0. The van der Waals surface area contributed by atoms with E-state index in [9.17, 15) is 4.79 Å². The molecule has 1 fully saturated rings. The van der Waals surface area contributed by atoms with Gasteiger partial charge in [-0.15, -0.1) is 0 Å². The lowest BCUT2D eigenvalue weighted by Crippen LogP contribution is -2.47. The number of nitrogens with zero attached hydrogens (tertiary/aromatic N) is 1. The molecule has 90 valence electrons. The summed E-state index contributed by atoms with van der Waals surface area (Å²) in [4.78, 5) is 12.9. The van der Waals surface area contributed by atoms with Gasteiger partial charge < -0.3 is 5.11 Å². The van der Waals surface area contributed by atoms with Crippen LogP contribution in [0.1, 0.15) is 33.6 Å². The minimum atomic E-state index is -0.671. The minimum Gasteiger partial charge on any atom is -0.480 e. The average Bonchev–Trinajstić information content (AvgIpc) is 2.20. The predicted molar refractivity (Wildman–Crippen MR) is 66.6 cm³/mol. The van der Waals surface area contributed by atoms with Gasteiger partial charge in [-0.05, 0) is 13.0 Å². The van der Waals surface area contributed by atoms with Crippen LogP contribution in [0.5, 0.6) is 0 Å². The largest absolute Gasteiger partial charge is 0.480 e. The van der Waals surface area contributed by atoms with Gasteiger partial charge in [0.15, 0.2) is 0 Å². The molecule has 1 N–H and O–H groups in total. The van der Waals surface area contributed by atoms with Crippen molar-refractivity contribution in [2.24, 2.45) is 0 Å². The van der Waals surface area contributed by atoms with Crippen molar-refractivity contribution in [3.8, 4) is 0 Å². The maximum absolute atomic E-state index is 10.8. The van der Waals surface area contributed by atoms with Gasteiger partial charge in [-0.25, -0.2) is 0 Å². The van der Waals surface area contributed by atoms with Crippen molar-refractivity contribution in [1.29, 1.82) is 0 Å². The maximum Gasteiger partial charge on any atom is 0.321 e. The van der Waals surface area contributed by atoms with Gasteiger partial charge in [0, 0.05) is 18.1 Å². The number of hydrogen-bond donors (Lipinski definition) is 1. The van der Waals surface area contributed by atoms with Crippen molar-refractivity contribution in [1.82, 2.24) is 4.90 Å². The van der Waals surface area contributed by atoms with E-state index in [4.69, 9.17) is 5.11 Å². The van der Waals surface area contributed by atoms with E-state index in [1.807, 2.05) is 0 Å². The molecular weight excluding hydrogens is 210 g/mol. The quantitative estimate of drug-likeness (QED) is 0.812. The Morgan fingerprint density at radius 1 is 1.47 bits per heavy atom. The molecule has 0 aromatic carbocycles. The van der Waals surface area contributed by atoms with Crippen molar-refractivity contribution in [3.63, 3.8) is 0 Å². The molecule has 0 aliphatic carbocycles. The van der Waals surface area contributed by atoms with E-state index in [0.29, 0.717) is 0 Å². The molecule has 1 unspecified atom stereocenters. The molecule has 1 atom stereocenters. The van der Waals surface area contributed by atoms with Crippen LogP contribution in [-0.4, -0.2) is 46.6 Å². The van der Waals surface area contributed by atoms with Gasteiger partial charge in [-0.2, -0.15) is 11.8 Å². The molecule has 0 aromatic heterocycles. The van der Waals surface area contributed by atoms with Crippen molar-refractivity contribution < 1.29 is 9.90 Å². The van der Waals surface area contributed by atoms with E-state index in [0.717, 1.165) is 31.0 Å². The highest BCUT2D eigenvalue weighted by Gasteiger charge is 2.27. The third kappa shape index (κ3) is 6.05. The summed E-state index contributed by atoms with van der Waals surface area (Å²) >= 11 is 1.74. The van der Waals surface area contributed by atoms with Gasteiger partial charge in [0.2, 0.25) is 0 Å². The summed E-state index contributed by atoms with van der Waals surface area (Å²) in [6.45, 7) is 8.17. The third-order valence-corrected chi connectivity index (χ3v) is 3.06. The van der Waals surface area contributed by atoms with E-state index in [1.165, 1.54) is 6.42 Å². The van der Waals surface area contributed by atoms with Crippen LogP contribution in [0.3, 0.4) is 0 Å². The summed E-state index contributed by atoms with van der Waals surface area (Å²) < 4.78 is 0. The van der Waals surface area contributed by atoms with Crippen molar-refractivity contribution >= 4 is 17.7 Å². The maximum atomic E-state index is 10.8. The van der Waals surface area contributed by atoms with E-state index >= 15 is 0 Å². The number of thioether (sulfide) groups is 1. The molecule has 1 saturated heterocycles. The average molecular weight is 233 g/mol. The fourth-order valence-electron chi connectivity index (χ4n) is 1.42. The highest BCUT2D eigenvalue weighted by Crippen LogP contribution is 2.16. The van der Waals surface area contributed by atoms with E-state index < -0.39 is 5.97 Å². The summed E-state index contributed by atoms with van der Waals surface area (Å²) in [6.07, 6.45) is 2.29. The highest BCUT2D eigenvalue weighted by atomic mass is 32.2. The summed E-state index contributed by atoms with van der Waals surface area (Å²) in [5, 5.41) is 8.88. The first-order valence-electron chi connectivity index (χ1n) is 5.71. The summed E-state index contributed by atoms with van der Waals surface area (Å²) in [5.41, 5.74) is 0. The highest BCUT2D eigenvalue weighted by molar-refractivity contribution is 7.99. The molecule has 0 radical (unpaired) electrons. The second-order valence-electron chi connectivity index (χ2n) is 3.67. The third-order valence-electron chi connectivity index (χ3n) is 2.04. The Bertz CT molecular complexity index is 174. The van der Waals surface area contributed by atoms with Gasteiger partial charge in [0.25, 0.3) is 0 Å². The molecule has 3 nitrogen and oxygen atoms in total. The normalized spacial score (nSPS) is 21.7. The monoisotopic (exact) mass is 233 g/mol. The lowest BCUT2D eigenvalue weighted by Gasteiger charge is -2.31. The van der Waals surface area contributed by atoms with E-state index in [1.54, 1.807) is 11.8 Å². The van der Waals surface area contributed by atoms with Crippen LogP contribution < -0.4 is 0 Å². The molecule has 1 aliphatic rings. The molecule has 0 amide bonds. The Morgan fingerprint density at radius 3 is 2.53 bits per heavy atom. The number of rotatable bonds is 3. The number of carbonyl (C=O) groups is 1. The fraction of sp³-hybridized carbons (Fsp3) is 0.909. The first-order chi connectivity index (χ1) is 7.17. The Balaban J connectivity index is 0.000000583. The van der Waals surface area contributed by atoms with Gasteiger partial charge >= 0.3 is 5.97 Å². The second-order valence-corrected chi connectivity index (χ2v) is 4.82. The van der Waals surface area contributed by atoms with Crippen molar-refractivity contribution in [3.05, 3.63) is 0 Å². The number of carboxylic acids is 1. The number of carboxylic acid groups (broad SMARTS) is 1. The first kappa shape index (κ1) is 14.8. The number of hydrogen-bond acceptors (Lipinski definition) is 3. The topological polar surface area (TPSA) is 40.5 Å². The molecular formula is C11H23NO2S. The van der Waals surface area contributed by atoms with Crippen LogP contribution in [0.15, 0.2) is 0 Å². The molecule has 15 heavy (non-hydrogen) atoms. The zero-order valence-corrected chi connectivity index (χ0v) is 10.8. The molecule has 4 heteroatoms. The van der Waals surface area contributed by atoms with Gasteiger partial charge in [-0.1, -0.05) is 27.2 Å². The lowest BCUT2D eigenvalue weighted by molar-refractivity contribution is -0.142. The van der Waals surface area contributed by atoms with Crippen LogP contribution in [0.4, 0.5) is 0 Å². The molecule has 0 aromatic rings. The van der Waals surface area contributed by atoms with Crippen molar-refractivity contribution in [2.45, 2.75) is 39.7 Å². The van der Waals surface area contributed by atoms with Crippen LogP contribution in [0.25, 0.3) is 0 Å². The smallest absolute Gasteiger partial charge is 0.321 e. The summed E-state index contributed by atoms with van der Waals surface area (Å²) in [6, 6.07) is -0.247. The standard InChI is InChI=1S/C8H15NO2S.C3H8/c1-2-3-9-4-5-12-6-7(9)8(10)11;1-3-2/h7H,2-6H2,1H3,(H,10,11);3H2,1-2H3.